The minimum Gasteiger partial charge on any atom is -0.308 e. The van der Waals surface area contributed by atoms with Crippen LogP contribution in [0, 0.1) is 0 Å². The van der Waals surface area contributed by atoms with Crippen LogP contribution in [0.25, 0.3) is 99.3 Å². The molecule has 11 rings (SSSR count). The van der Waals surface area contributed by atoms with Gasteiger partial charge in [-0.25, -0.2) is 9.97 Å². The van der Waals surface area contributed by atoms with E-state index < -0.39 is 0 Å². The molecule has 0 amide bonds. The first kappa shape index (κ1) is 28.7. The van der Waals surface area contributed by atoms with Crippen molar-refractivity contribution in [2.45, 2.75) is 0 Å². The summed E-state index contributed by atoms with van der Waals surface area (Å²) in [5.74, 6) is 0.657. The molecule has 4 heterocycles. The highest BCUT2D eigenvalue weighted by Crippen LogP contribution is 2.43. The van der Waals surface area contributed by atoms with Crippen molar-refractivity contribution in [3.63, 3.8) is 0 Å². The maximum atomic E-state index is 5.34. The van der Waals surface area contributed by atoms with Crippen LogP contribution in [0.15, 0.2) is 176 Å². The fourth-order valence-corrected chi connectivity index (χ4v) is 8.15. The Labute approximate surface area is 298 Å². The van der Waals surface area contributed by atoms with Crippen molar-refractivity contribution >= 4 is 65.3 Å². The van der Waals surface area contributed by atoms with Crippen molar-refractivity contribution in [1.82, 2.24) is 24.1 Å². The highest BCUT2D eigenvalue weighted by atomic mass is 15.2. The van der Waals surface area contributed by atoms with Crippen LogP contribution in [0.2, 0.25) is 0 Å². The van der Waals surface area contributed by atoms with Gasteiger partial charge in [0.25, 0.3) is 0 Å². The van der Waals surface area contributed by atoms with Crippen LogP contribution in [-0.4, -0.2) is 24.1 Å². The van der Waals surface area contributed by atoms with Gasteiger partial charge in [0.15, 0.2) is 0 Å². The summed E-state index contributed by atoms with van der Waals surface area (Å²) >= 11 is 0. The van der Waals surface area contributed by atoms with Gasteiger partial charge in [-0.15, -0.1) is 0 Å². The number of fused-ring (bicyclic) bond motifs is 9. The predicted molar refractivity (Wildman–Crippen MR) is 214 cm³/mol. The van der Waals surface area contributed by atoms with Gasteiger partial charge in [0.05, 0.1) is 45.2 Å². The van der Waals surface area contributed by atoms with Gasteiger partial charge >= 0.3 is 0 Å². The topological polar surface area (TPSA) is 48.5 Å². The number of aromatic nitrogens is 5. The van der Waals surface area contributed by atoms with Crippen LogP contribution in [0.1, 0.15) is 0 Å². The molecule has 0 atom stereocenters. The molecule has 0 aliphatic heterocycles. The van der Waals surface area contributed by atoms with E-state index in [9.17, 15) is 0 Å². The van der Waals surface area contributed by atoms with Gasteiger partial charge in [0.2, 0.25) is 5.95 Å². The van der Waals surface area contributed by atoms with Crippen molar-refractivity contribution in [3.05, 3.63) is 176 Å². The van der Waals surface area contributed by atoms with Crippen LogP contribution in [0.5, 0.6) is 0 Å². The molecule has 0 spiro atoms. The van der Waals surface area contributed by atoms with Crippen LogP contribution >= 0.6 is 0 Å². The molecule has 0 fully saturated rings. The van der Waals surface area contributed by atoms with Gasteiger partial charge in [-0.05, 0) is 59.0 Å². The molecule has 0 unspecified atom stereocenters. The van der Waals surface area contributed by atoms with Gasteiger partial charge in [-0.1, -0.05) is 121 Å². The van der Waals surface area contributed by atoms with Crippen LogP contribution in [0.3, 0.4) is 0 Å². The number of para-hydroxylation sites is 3. The van der Waals surface area contributed by atoms with Crippen molar-refractivity contribution in [3.8, 4) is 34.0 Å². The van der Waals surface area contributed by atoms with Crippen LogP contribution in [-0.2, 0) is 0 Å². The second-order valence-corrected chi connectivity index (χ2v) is 13.3. The molecule has 0 radical (unpaired) electrons. The first-order chi connectivity index (χ1) is 25.8. The molecule has 5 heteroatoms. The summed E-state index contributed by atoms with van der Waals surface area (Å²) in [6.07, 6.45) is 3.76. The largest absolute Gasteiger partial charge is 0.308 e. The molecule has 0 saturated carbocycles. The Morgan fingerprint density at radius 3 is 1.85 bits per heavy atom. The summed E-state index contributed by atoms with van der Waals surface area (Å²) < 4.78 is 4.59. The normalized spacial score (nSPS) is 11.8. The smallest absolute Gasteiger partial charge is 0.235 e. The zero-order valence-electron chi connectivity index (χ0n) is 28.0. The fraction of sp³-hybridized carbons (Fsp3) is 0. The SMILES string of the molecule is c1ccc(-c2nc(-n3c4ccccc4c4cc(-c5ccc6c7ccccc7n(-c7cccnc7)c6c5)c5ccccc5c43)nc3ccccc23)cc1. The lowest BCUT2D eigenvalue weighted by Gasteiger charge is -2.14. The fourth-order valence-electron chi connectivity index (χ4n) is 8.15. The molecular weight excluding hydrogens is 635 g/mol. The second kappa shape index (κ2) is 11.2. The Morgan fingerprint density at radius 2 is 1.06 bits per heavy atom. The molecule has 0 aliphatic carbocycles. The highest BCUT2D eigenvalue weighted by molar-refractivity contribution is 6.22. The molecule has 52 heavy (non-hydrogen) atoms. The summed E-state index contributed by atoms with van der Waals surface area (Å²) in [7, 11) is 0. The lowest BCUT2D eigenvalue weighted by molar-refractivity contribution is 1.02. The monoisotopic (exact) mass is 663 g/mol. The van der Waals surface area contributed by atoms with Gasteiger partial charge in [0, 0.05) is 44.1 Å². The van der Waals surface area contributed by atoms with E-state index in [0.29, 0.717) is 5.95 Å². The van der Waals surface area contributed by atoms with Crippen molar-refractivity contribution in [2.24, 2.45) is 0 Å². The Balaban J connectivity index is 1.22. The maximum absolute atomic E-state index is 5.34. The summed E-state index contributed by atoms with van der Waals surface area (Å²) in [6.45, 7) is 0. The summed E-state index contributed by atoms with van der Waals surface area (Å²) in [6, 6.07) is 58.1. The van der Waals surface area contributed by atoms with Crippen LogP contribution < -0.4 is 0 Å². The molecule has 7 aromatic carbocycles. The zero-order valence-corrected chi connectivity index (χ0v) is 28.0. The average Bonchev–Trinajstić information content (AvgIpc) is 3.73. The van der Waals surface area contributed by atoms with E-state index in [4.69, 9.17) is 9.97 Å². The highest BCUT2D eigenvalue weighted by Gasteiger charge is 2.21. The summed E-state index contributed by atoms with van der Waals surface area (Å²) in [5.41, 5.74) is 10.8. The Kier molecular flexibility index (Phi) is 6.18. The minimum absolute atomic E-state index is 0.657. The third-order valence-electron chi connectivity index (χ3n) is 10.4. The predicted octanol–water partition coefficient (Wildman–Crippen LogP) is 11.7. The molecule has 4 aromatic heterocycles. The molecule has 0 N–H and O–H groups in total. The van der Waals surface area contributed by atoms with E-state index in [1.54, 1.807) is 0 Å². The van der Waals surface area contributed by atoms with Crippen molar-refractivity contribution in [1.29, 1.82) is 0 Å². The first-order valence-electron chi connectivity index (χ1n) is 17.5. The van der Waals surface area contributed by atoms with Gasteiger partial charge in [-0.2, -0.15) is 0 Å². The van der Waals surface area contributed by atoms with E-state index in [1.165, 1.54) is 21.7 Å². The summed E-state index contributed by atoms with van der Waals surface area (Å²) in [4.78, 5) is 15.0. The van der Waals surface area contributed by atoms with E-state index in [1.807, 2.05) is 30.6 Å². The molecule has 0 aliphatic rings. The van der Waals surface area contributed by atoms with E-state index in [-0.39, 0.29) is 0 Å². The molecule has 5 nitrogen and oxygen atoms in total. The molecular formula is C47H29N5. The van der Waals surface area contributed by atoms with Crippen molar-refractivity contribution < 1.29 is 0 Å². The third kappa shape index (κ3) is 4.20. The number of hydrogen-bond donors (Lipinski definition) is 0. The average molecular weight is 664 g/mol. The maximum Gasteiger partial charge on any atom is 0.235 e. The molecule has 0 bridgehead atoms. The third-order valence-corrected chi connectivity index (χ3v) is 10.4. The number of nitrogens with zero attached hydrogens (tertiary/aromatic N) is 5. The molecule has 242 valence electrons. The number of rotatable bonds is 4. The van der Waals surface area contributed by atoms with E-state index >= 15 is 0 Å². The number of benzene rings is 7. The summed E-state index contributed by atoms with van der Waals surface area (Å²) in [5, 5.41) is 8.12. The lowest BCUT2D eigenvalue weighted by atomic mass is 9.94. The molecule has 0 saturated heterocycles. The van der Waals surface area contributed by atoms with E-state index in [0.717, 1.165) is 71.6 Å². The lowest BCUT2D eigenvalue weighted by Crippen LogP contribution is -2.03. The number of hydrogen-bond acceptors (Lipinski definition) is 3. The standard InChI is InChI=1S/C47H29N5/c1-2-13-30(14-3-1)45-38-20-6-9-21-41(38)49-47(50-45)52-43-23-11-8-18-35(43)40-28-39(33-16-4-5-19-37(33)46(40)52)31-24-25-36-34-17-7-10-22-42(34)51(44(36)27-31)32-15-12-26-48-29-32/h1-29H. The minimum atomic E-state index is 0.657. The Morgan fingerprint density at radius 1 is 0.404 bits per heavy atom. The van der Waals surface area contributed by atoms with Crippen LogP contribution in [0.4, 0.5) is 0 Å². The quantitative estimate of drug-likeness (QED) is 0.188. The van der Waals surface area contributed by atoms with E-state index in [2.05, 4.69) is 160 Å². The van der Waals surface area contributed by atoms with Gasteiger partial charge in [0.1, 0.15) is 0 Å². The Hall–Kier alpha value is -7.11. The second-order valence-electron chi connectivity index (χ2n) is 13.3. The van der Waals surface area contributed by atoms with Gasteiger partial charge < -0.3 is 4.57 Å². The van der Waals surface area contributed by atoms with Crippen molar-refractivity contribution in [2.75, 3.05) is 0 Å². The number of pyridine rings is 1. The Bertz CT molecular complexity index is 3180. The van der Waals surface area contributed by atoms with Gasteiger partial charge in [-0.3, -0.25) is 9.55 Å². The zero-order chi connectivity index (χ0) is 34.2. The first-order valence-corrected chi connectivity index (χ1v) is 17.5. The molecule has 11 aromatic rings.